The minimum absolute atomic E-state index is 0.0196. The molecule has 0 aliphatic carbocycles. The molecular weight excluding hydrogens is 259 g/mol. The predicted molar refractivity (Wildman–Crippen MR) is 67.2 cm³/mol. The molecule has 1 unspecified atom stereocenters. The molecule has 1 atom stereocenters. The highest BCUT2D eigenvalue weighted by Gasteiger charge is 2.31. The summed E-state index contributed by atoms with van der Waals surface area (Å²) in [6, 6.07) is 5.80. The number of halogens is 3. The molecular formula is C13H18F3NO2. The topological polar surface area (TPSA) is 30.5 Å². The second-order valence-electron chi connectivity index (χ2n) is 4.53. The van der Waals surface area contributed by atoms with Gasteiger partial charge < -0.3 is 14.8 Å². The van der Waals surface area contributed by atoms with Gasteiger partial charge in [0.25, 0.3) is 0 Å². The molecule has 0 radical (unpaired) electrons. The Bertz CT molecular complexity index is 394. The first kappa shape index (κ1) is 15.6. The second kappa shape index (κ2) is 6.65. The molecule has 1 N–H and O–H groups in total. The van der Waals surface area contributed by atoms with Crippen molar-refractivity contribution in [2.45, 2.75) is 26.3 Å². The van der Waals surface area contributed by atoms with Crippen LogP contribution in [-0.4, -0.2) is 26.1 Å². The van der Waals surface area contributed by atoms with E-state index in [9.17, 15) is 13.2 Å². The SMILES string of the molecule is COCC(Nc1cccc(OC(F)(F)F)c1)C(C)C. The minimum atomic E-state index is -4.68. The van der Waals surface area contributed by atoms with Gasteiger partial charge in [0, 0.05) is 18.9 Å². The molecule has 3 nitrogen and oxygen atoms in total. The van der Waals surface area contributed by atoms with Crippen LogP contribution < -0.4 is 10.1 Å². The predicted octanol–water partition coefficient (Wildman–Crippen LogP) is 3.67. The van der Waals surface area contributed by atoms with Crippen molar-refractivity contribution in [2.75, 3.05) is 19.0 Å². The Labute approximate surface area is 110 Å². The van der Waals surface area contributed by atoms with Gasteiger partial charge >= 0.3 is 6.36 Å². The van der Waals surface area contributed by atoms with Gasteiger partial charge in [0.05, 0.1) is 12.6 Å². The van der Waals surface area contributed by atoms with Gasteiger partial charge in [-0.1, -0.05) is 19.9 Å². The molecule has 108 valence electrons. The van der Waals surface area contributed by atoms with Gasteiger partial charge in [-0.05, 0) is 18.1 Å². The van der Waals surface area contributed by atoms with Crippen molar-refractivity contribution in [3.63, 3.8) is 0 Å². The third kappa shape index (κ3) is 5.83. The molecule has 0 aliphatic rings. The third-order valence-electron chi connectivity index (χ3n) is 2.57. The van der Waals surface area contributed by atoms with E-state index in [0.29, 0.717) is 12.3 Å². The Hall–Kier alpha value is -1.43. The fourth-order valence-corrected chi connectivity index (χ4v) is 1.58. The maximum absolute atomic E-state index is 12.1. The standard InChI is InChI=1S/C13H18F3NO2/c1-9(2)12(8-18-3)17-10-5-4-6-11(7-10)19-13(14,15)16/h4-7,9,12,17H,8H2,1-3H3. The summed E-state index contributed by atoms with van der Waals surface area (Å²) in [5.41, 5.74) is 0.567. The summed E-state index contributed by atoms with van der Waals surface area (Å²) in [6.45, 7) is 4.49. The van der Waals surface area contributed by atoms with Gasteiger partial charge in [-0.15, -0.1) is 13.2 Å². The fraction of sp³-hybridized carbons (Fsp3) is 0.538. The van der Waals surface area contributed by atoms with Crippen molar-refractivity contribution in [2.24, 2.45) is 5.92 Å². The van der Waals surface area contributed by atoms with Crippen LogP contribution in [0.25, 0.3) is 0 Å². The van der Waals surface area contributed by atoms with Gasteiger partial charge in [-0.2, -0.15) is 0 Å². The van der Waals surface area contributed by atoms with E-state index in [4.69, 9.17) is 4.74 Å². The lowest BCUT2D eigenvalue weighted by Gasteiger charge is -2.23. The molecule has 6 heteroatoms. The number of benzene rings is 1. The fourth-order valence-electron chi connectivity index (χ4n) is 1.58. The number of hydrogen-bond donors (Lipinski definition) is 1. The van der Waals surface area contributed by atoms with E-state index < -0.39 is 6.36 Å². The van der Waals surface area contributed by atoms with Crippen molar-refractivity contribution in [3.8, 4) is 5.75 Å². The first-order chi connectivity index (χ1) is 8.81. The number of hydrogen-bond acceptors (Lipinski definition) is 3. The lowest BCUT2D eigenvalue weighted by Crippen LogP contribution is -2.30. The van der Waals surface area contributed by atoms with Gasteiger partial charge in [-0.3, -0.25) is 0 Å². The molecule has 0 aromatic heterocycles. The normalized spacial score (nSPS) is 13.4. The van der Waals surface area contributed by atoms with Crippen molar-refractivity contribution >= 4 is 5.69 Å². The number of rotatable bonds is 6. The van der Waals surface area contributed by atoms with E-state index in [1.807, 2.05) is 13.8 Å². The van der Waals surface area contributed by atoms with E-state index in [1.54, 1.807) is 13.2 Å². The third-order valence-corrected chi connectivity index (χ3v) is 2.57. The Morgan fingerprint density at radius 3 is 2.47 bits per heavy atom. The molecule has 0 fully saturated rings. The molecule has 1 aromatic carbocycles. The molecule has 0 amide bonds. The minimum Gasteiger partial charge on any atom is -0.406 e. The number of nitrogens with one attached hydrogen (secondary N) is 1. The van der Waals surface area contributed by atoms with Crippen LogP contribution in [-0.2, 0) is 4.74 Å². The average Bonchev–Trinajstić information content (AvgIpc) is 2.26. The van der Waals surface area contributed by atoms with Crippen LogP contribution in [0, 0.1) is 5.92 Å². The van der Waals surface area contributed by atoms with Crippen molar-refractivity contribution in [1.82, 2.24) is 0 Å². The Morgan fingerprint density at radius 2 is 1.95 bits per heavy atom. The Kier molecular flexibility index (Phi) is 5.47. The summed E-state index contributed by atoms with van der Waals surface area (Å²) in [5, 5.41) is 3.13. The summed E-state index contributed by atoms with van der Waals surface area (Å²) < 4.78 is 45.3. The van der Waals surface area contributed by atoms with Gasteiger partial charge in [-0.25, -0.2) is 0 Å². The number of methoxy groups -OCH3 is 1. The lowest BCUT2D eigenvalue weighted by molar-refractivity contribution is -0.274. The molecule has 19 heavy (non-hydrogen) atoms. The number of alkyl halides is 3. The van der Waals surface area contributed by atoms with Crippen molar-refractivity contribution in [1.29, 1.82) is 0 Å². The molecule has 0 saturated heterocycles. The van der Waals surface area contributed by atoms with Gasteiger partial charge in [0.1, 0.15) is 5.75 Å². The second-order valence-corrected chi connectivity index (χ2v) is 4.53. The summed E-state index contributed by atoms with van der Waals surface area (Å²) in [4.78, 5) is 0. The van der Waals surface area contributed by atoms with E-state index >= 15 is 0 Å². The molecule has 0 spiro atoms. The van der Waals surface area contributed by atoms with Crippen LogP contribution in [0.15, 0.2) is 24.3 Å². The van der Waals surface area contributed by atoms with Crippen LogP contribution in [0.2, 0.25) is 0 Å². The molecule has 0 saturated carbocycles. The summed E-state index contributed by atoms with van der Waals surface area (Å²) >= 11 is 0. The highest BCUT2D eigenvalue weighted by molar-refractivity contribution is 5.49. The largest absolute Gasteiger partial charge is 0.573 e. The molecule has 1 rings (SSSR count). The number of anilines is 1. The summed E-state index contributed by atoms with van der Waals surface area (Å²) in [6.07, 6.45) is -4.68. The van der Waals surface area contributed by atoms with Crippen LogP contribution in [0.1, 0.15) is 13.8 Å². The number of ether oxygens (including phenoxy) is 2. The first-order valence-electron chi connectivity index (χ1n) is 5.93. The maximum atomic E-state index is 12.1. The van der Waals surface area contributed by atoms with Crippen LogP contribution in [0.4, 0.5) is 18.9 Å². The van der Waals surface area contributed by atoms with E-state index in [1.165, 1.54) is 18.2 Å². The van der Waals surface area contributed by atoms with Crippen LogP contribution >= 0.6 is 0 Å². The quantitative estimate of drug-likeness (QED) is 0.860. The molecule has 0 aliphatic heterocycles. The Balaban J connectivity index is 2.75. The van der Waals surface area contributed by atoms with E-state index in [2.05, 4.69) is 10.1 Å². The van der Waals surface area contributed by atoms with Crippen LogP contribution in [0.3, 0.4) is 0 Å². The summed E-state index contributed by atoms with van der Waals surface area (Å²) in [5.74, 6) is 0.0459. The van der Waals surface area contributed by atoms with E-state index in [-0.39, 0.29) is 17.7 Å². The first-order valence-corrected chi connectivity index (χ1v) is 5.93. The van der Waals surface area contributed by atoms with Crippen LogP contribution in [0.5, 0.6) is 5.75 Å². The van der Waals surface area contributed by atoms with Gasteiger partial charge in [0.15, 0.2) is 0 Å². The molecule has 1 aromatic rings. The van der Waals surface area contributed by atoms with Crippen molar-refractivity contribution < 1.29 is 22.6 Å². The zero-order valence-electron chi connectivity index (χ0n) is 11.1. The van der Waals surface area contributed by atoms with Gasteiger partial charge in [0.2, 0.25) is 0 Å². The Morgan fingerprint density at radius 1 is 1.26 bits per heavy atom. The molecule has 0 heterocycles. The maximum Gasteiger partial charge on any atom is 0.573 e. The molecule has 0 bridgehead atoms. The average molecular weight is 277 g/mol. The monoisotopic (exact) mass is 277 g/mol. The highest BCUT2D eigenvalue weighted by atomic mass is 19.4. The lowest BCUT2D eigenvalue weighted by atomic mass is 10.1. The van der Waals surface area contributed by atoms with E-state index in [0.717, 1.165) is 0 Å². The van der Waals surface area contributed by atoms with Crippen molar-refractivity contribution in [3.05, 3.63) is 24.3 Å². The zero-order valence-corrected chi connectivity index (χ0v) is 11.1. The summed E-state index contributed by atoms with van der Waals surface area (Å²) in [7, 11) is 1.58. The zero-order chi connectivity index (χ0) is 14.5. The smallest absolute Gasteiger partial charge is 0.406 e. The highest BCUT2D eigenvalue weighted by Crippen LogP contribution is 2.25.